The molecule has 0 spiro atoms. The Balaban J connectivity index is 1.39. The van der Waals surface area contributed by atoms with Gasteiger partial charge in [-0.3, -0.25) is 4.90 Å². The lowest BCUT2D eigenvalue weighted by atomic mass is 10.2. The van der Waals surface area contributed by atoms with Gasteiger partial charge in [-0.05, 0) is 58.0 Å². The van der Waals surface area contributed by atoms with Gasteiger partial charge in [0.1, 0.15) is 0 Å². The molecule has 1 aromatic carbocycles. The molecule has 3 aromatic heterocycles. The number of hydrogen-bond donors (Lipinski definition) is 1. The van der Waals surface area contributed by atoms with Crippen LogP contribution in [0.5, 0.6) is 0 Å². The predicted octanol–water partition coefficient (Wildman–Crippen LogP) is 4.76. The van der Waals surface area contributed by atoms with Crippen LogP contribution in [0.2, 0.25) is 5.02 Å². The van der Waals surface area contributed by atoms with Crippen molar-refractivity contribution in [2.45, 2.75) is 33.2 Å². The number of nitrogens with one attached hydrogen (secondary N) is 1. The van der Waals surface area contributed by atoms with Crippen LogP contribution in [0, 0.1) is 13.8 Å². The first-order valence-corrected chi connectivity index (χ1v) is 11.0. The summed E-state index contributed by atoms with van der Waals surface area (Å²) in [6.07, 6.45) is 6.40. The van der Waals surface area contributed by atoms with Crippen molar-refractivity contribution in [3.8, 4) is 5.82 Å². The van der Waals surface area contributed by atoms with E-state index in [-0.39, 0.29) is 0 Å². The van der Waals surface area contributed by atoms with Crippen molar-refractivity contribution in [2.24, 2.45) is 7.05 Å². The third kappa shape index (κ3) is 3.79. The van der Waals surface area contributed by atoms with Crippen LogP contribution in [0.4, 0.5) is 11.6 Å². The van der Waals surface area contributed by atoms with Gasteiger partial charge < -0.3 is 9.88 Å². The molecule has 8 heteroatoms. The molecule has 4 heterocycles. The summed E-state index contributed by atoms with van der Waals surface area (Å²) in [5.41, 5.74) is 5.32. The van der Waals surface area contributed by atoms with Crippen molar-refractivity contribution < 1.29 is 0 Å². The molecule has 31 heavy (non-hydrogen) atoms. The fourth-order valence-electron chi connectivity index (χ4n) is 4.22. The van der Waals surface area contributed by atoms with Crippen LogP contribution in [0.15, 0.2) is 36.7 Å². The molecule has 0 atom stereocenters. The summed E-state index contributed by atoms with van der Waals surface area (Å²) in [5.74, 6) is 1.26. The molecule has 4 aromatic rings. The lowest BCUT2D eigenvalue weighted by Gasteiger charge is -2.13. The smallest absolute Gasteiger partial charge is 0.229 e. The lowest BCUT2D eigenvalue weighted by molar-refractivity contribution is 0.330. The Bertz CT molecular complexity index is 1250. The average Bonchev–Trinajstić information content (AvgIpc) is 3.47. The molecule has 1 fully saturated rings. The Morgan fingerprint density at radius 1 is 1.13 bits per heavy atom. The van der Waals surface area contributed by atoms with Gasteiger partial charge in [-0.1, -0.05) is 11.6 Å². The molecule has 1 N–H and O–H groups in total. The highest BCUT2D eigenvalue weighted by Gasteiger charge is 2.16. The maximum atomic E-state index is 6.51. The number of hydrogen-bond acceptors (Lipinski definition) is 5. The van der Waals surface area contributed by atoms with Gasteiger partial charge in [0.25, 0.3) is 0 Å². The molecule has 0 saturated carbocycles. The van der Waals surface area contributed by atoms with Crippen molar-refractivity contribution in [2.75, 3.05) is 18.4 Å². The summed E-state index contributed by atoms with van der Waals surface area (Å²) in [5, 5.41) is 9.77. The monoisotopic (exact) mass is 435 g/mol. The number of benzene rings is 1. The van der Waals surface area contributed by atoms with Crippen LogP contribution in [-0.4, -0.2) is 42.3 Å². The van der Waals surface area contributed by atoms with E-state index in [0.29, 0.717) is 5.95 Å². The summed E-state index contributed by atoms with van der Waals surface area (Å²) in [4.78, 5) is 11.5. The number of anilines is 2. The molecule has 7 nitrogen and oxygen atoms in total. The average molecular weight is 436 g/mol. The normalized spacial score (nSPS) is 14.6. The van der Waals surface area contributed by atoms with E-state index in [1.807, 2.05) is 36.9 Å². The molecular weight excluding hydrogens is 410 g/mol. The Morgan fingerprint density at radius 2 is 1.94 bits per heavy atom. The summed E-state index contributed by atoms with van der Waals surface area (Å²) < 4.78 is 3.94. The number of nitrogens with zero attached hydrogens (tertiary/aromatic N) is 6. The van der Waals surface area contributed by atoms with Gasteiger partial charge in [-0.2, -0.15) is 10.1 Å². The molecule has 0 radical (unpaired) electrons. The fraction of sp³-hybridized carbons (Fsp3) is 0.348. The van der Waals surface area contributed by atoms with Gasteiger partial charge in [0.2, 0.25) is 5.95 Å². The second-order valence-corrected chi connectivity index (χ2v) is 8.60. The van der Waals surface area contributed by atoms with Gasteiger partial charge >= 0.3 is 0 Å². The number of rotatable bonds is 5. The first kappa shape index (κ1) is 20.0. The maximum Gasteiger partial charge on any atom is 0.229 e. The third-order valence-corrected chi connectivity index (χ3v) is 6.62. The Kier molecular flexibility index (Phi) is 5.16. The van der Waals surface area contributed by atoms with Gasteiger partial charge in [-0.25, -0.2) is 9.67 Å². The molecule has 1 aliphatic rings. The van der Waals surface area contributed by atoms with Crippen LogP contribution < -0.4 is 5.32 Å². The zero-order valence-corrected chi connectivity index (χ0v) is 18.8. The number of aryl methyl sites for hydroxylation is 2. The minimum absolute atomic E-state index is 0.523. The molecule has 0 aliphatic carbocycles. The highest BCUT2D eigenvalue weighted by Crippen LogP contribution is 2.32. The molecule has 0 bridgehead atoms. The van der Waals surface area contributed by atoms with Gasteiger partial charge in [-0.15, -0.1) is 0 Å². The Labute approximate surface area is 186 Å². The maximum absolute atomic E-state index is 6.51. The molecule has 0 unspecified atom stereocenters. The first-order chi connectivity index (χ1) is 15.0. The standard InChI is InChI=1S/C23H26ClN7/c1-15-17(13-30-10-4-5-11-30)14-31(28-15)21-8-9-25-23(27-21)26-18-6-7-20-19(12-18)22(24)16(2)29(20)3/h6-9,12,14H,4-5,10-11,13H2,1-3H3,(H,25,26,27). The molecular formula is C23H26ClN7. The predicted molar refractivity (Wildman–Crippen MR) is 124 cm³/mol. The molecule has 5 rings (SSSR count). The van der Waals surface area contributed by atoms with Gasteiger partial charge in [0.15, 0.2) is 5.82 Å². The molecule has 0 amide bonds. The summed E-state index contributed by atoms with van der Waals surface area (Å²) in [6.45, 7) is 7.36. The van der Waals surface area contributed by atoms with E-state index in [1.165, 1.54) is 31.5 Å². The third-order valence-electron chi connectivity index (χ3n) is 6.14. The summed E-state index contributed by atoms with van der Waals surface area (Å²) >= 11 is 6.51. The minimum atomic E-state index is 0.523. The lowest BCUT2D eigenvalue weighted by Crippen LogP contribution is -2.18. The Morgan fingerprint density at radius 3 is 2.74 bits per heavy atom. The number of halogens is 1. The number of likely N-dealkylation sites (tertiary alicyclic amines) is 1. The van der Waals surface area contributed by atoms with E-state index in [1.54, 1.807) is 6.20 Å². The largest absolute Gasteiger partial charge is 0.346 e. The van der Waals surface area contributed by atoms with Crippen LogP contribution in [0.25, 0.3) is 16.7 Å². The van der Waals surface area contributed by atoms with E-state index in [9.17, 15) is 0 Å². The van der Waals surface area contributed by atoms with E-state index in [0.717, 1.165) is 45.4 Å². The zero-order chi connectivity index (χ0) is 21.5. The van der Waals surface area contributed by atoms with Crippen molar-refractivity contribution in [3.05, 3.63) is 58.6 Å². The zero-order valence-electron chi connectivity index (χ0n) is 18.1. The number of aromatic nitrogens is 5. The minimum Gasteiger partial charge on any atom is -0.346 e. The second-order valence-electron chi connectivity index (χ2n) is 8.22. The van der Waals surface area contributed by atoms with Crippen molar-refractivity contribution in [1.29, 1.82) is 0 Å². The fourth-order valence-corrected chi connectivity index (χ4v) is 4.50. The number of fused-ring (bicyclic) bond motifs is 1. The highest BCUT2D eigenvalue weighted by atomic mass is 35.5. The van der Waals surface area contributed by atoms with Crippen LogP contribution >= 0.6 is 11.6 Å². The highest BCUT2D eigenvalue weighted by molar-refractivity contribution is 6.36. The molecule has 160 valence electrons. The van der Waals surface area contributed by atoms with E-state index < -0.39 is 0 Å². The van der Waals surface area contributed by atoms with Crippen molar-refractivity contribution in [1.82, 2.24) is 29.2 Å². The SMILES string of the molecule is Cc1nn(-c2ccnc(Nc3ccc4c(c3)c(Cl)c(C)n4C)n2)cc1CN1CCCC1. The quantitative estimate of drug-likeness (QED) is 0.489. The molecule has 1 aliphatic heterocycles. The van der Waals surface area contributed by atoms with E-state index in [4.69, 9.17) is 11.6 Å². The summed E-state index contributed by atoms with van der Waals surface area (Å²) in [6, 6.07) is 7.98. The van der Waals surface area contributed by atoms with Crippen LogP contribution in [-0.2, 0) is 13.6 Å². The van der Waals surface area contributed by atoms with Crippen molar-refractivity contribution in [3.63, 3.8) is 0 Å². The van der Waals surface area contributed by atoms with E-state index in [2.05, 4.69) is 49.0 Å². The second kappa shape index (κ2) is 7.98. The van der Waals surface area contributed by atoms with Gasteiger partial charge in [0, 0.05) is 59.9 Å². The Hall–Kier alpha value is -2.90. The molecule has 1 saturated heterocycles. The topological polar surface area (TPSA) is 63.8 Å². The van der Waals surface area contributed by atoms with E-state index >= 15 is 0 Å². The van der Waals surface area contributed by atoms with Crippen LogP contribution in [0.3, 0.4) is 0 Å². The van der Waals surface area contributed by atoms with Crippen molar-refractivity contribution >= 4 is 34.1 Å². The first-order valence-electron chi connectivity index (χ1n) is 10.6. The van der Waals surface area contributed by atoms with Gasteiger partial charge in [0.05, 0.1) is 10.7 Å². The van der Waals surface area contributed by atoms with Crippen LogP contribution in [0.1, 0.15) is 29.8 Å². The summed E-state index contributed by atoms with van der Waals surface area (Å²) in [7, 11) is 2.02.